The van der Waals surface area contributed by atoms with Crippen molar-refractivity contribution in [2.75, 3.05) is 20.7 Å². The second-order valence-corrected chi connectivity index (χ2v) is 10.5. The first kappa shape index (κ1) is 22.6. The number of rotatable bonds is 8. The zero-order chi connectivity index (χ0) is 21.7. The van der Waals surface area contributed by atoms with Crippen LogP contribution in [0.15, 0.2) is 53.4 Å². The maximum atomic E-state index is 12.6. The number of carbonyl (C=O) groups excluding carboxylic acids is 1. The SMILES string of the molecule is COc1ccc(CS[C@H]2CN[C@H](C(=O)NN(C)S(=O)(=O)c3ccc(C)cc3)C2)cc1. The van der Waals surface area contributed by atoms with Gasteiger partial charge in [0, 0.05) is 24.6 Å². The van der Waals surface area contributed by atoms with E-state index in [4.69, 9.17) is 4.74 Å². The summed E-state index contributed by atoms with van der Waals surface area (Å²) in [6.45, 7) is 2.59. The molecule has 30 heavy (non-hydrogen) atoms. The highest BCUT2D eigenvalue weighted by atomic mass is 32.2. The van der Waals surface area contributed by atoms with Gasteiger partial charge in [-0.25, -0.2) is 8.42 Å². The highest BCUT2D eigenvalue weighted by molar-refractivity contribution is 7.99. The summed E-state index contributed by atoms with van der Waals surface area (Å²) in [5.74, 6) is 1.32. The summed E-state index contributed by atoms with van der Waals surface area (Å²) >= 11 is 1.78. The molecule has 3 rings (SSSR count). The first-order valence-corrected chi connectivity index (χ1v) is 12.1. The lowest BCUT2D eigenvalue weighted by Crippen LogP contribution is -2.49. The fourth-order valence-electron chi connectivity index (χ4n) is 3.13. The predicted molar refractivity (Wildman–Crippen MR) is 119 cm³/mol. The molecule has 0 aliphatic carbocycles. The van der Waals surface area contributed by atoms with Gasteiger partial charge >= 0.3 is 0 Å². The predicted octanol–water partition coefficient (Wildman–Crippen LogP) is 2.32. The lowest BCUT2D eigenvalue weighted by Gasteiger charge is -2.20. The molecule has 1 fully saturated rings. The van der Waals surface area contributed by atoms with Crippen molar-refractivity contribution in [3.63, 3.8) is 0 Å². The average Bonchev–Trinajstić information content (AvgIpc) is 3.22. The van der Waals surface area contributed by atoms with E-state index in [9.17, 15) is 13.2 Å². The number of benzene rings is 2. The third-order valence-electron chi connectivity index (χ3n) is 5.00. The molecule has 9 heteroatoms. The molecule has 2 aromatic carbocycles. The summed E-state index contributed by atoms with van der Waals surface area (Å²) in [6.07, 6.45) is 0.644. The number of sulfonamides is 1. The molecule has 1 amide bonds. The minimum absolute atomic E-state index is 0.142. The van der Waals surface area contributed by atoms with Crippen LogP contribution in [0.3, 0.4) is 0 Å². The normalized spacial score (nSPS) is 19.1. The van der Waals surface area contributed by atoms with E-state index < -0.39 is 16.1 Å². The van der Waals surface area contributed by atoms with E-state index in [1.54, 1.807) is 31.0 Å². The first-order valence-electron chi connectivity index (χ1n) is 9.63. The monoisotopic (exact) mass is 449 g/mol. The van der Waals surface area contributed by atoms with Gasteiger partial charge in [0.1, 0.15) is 5.75 Å². The van der Waals surface area contributed by atoms with Crippen LogP contribution in [0.4, 0.5) is 0 Å². The number of ether oxygens (including phenoxy) is 1. The van der Waals surface area contributed by atoms with E-state index >= 15 is 0 Å². The lowest BCUT2D eigenvalue weighted by atomic mass is 10.2. The Morgan fingerprint density at radius 1 is 1.20 bits per heavy atom. The van der Waals surface area contributed by atoms with Gasteiger partial charge in [-0.1, -0.05) is 29.8 Å². The summed E-state index contributed by atoms with van der Waals surface area (Å²) < 4.78 is 31.3. The highest BCUT2D eigenvalue weighted by Gasteiger charge is 2.32. The fraction of sp³-hybridized carbons (Fsp3) is 0.381. The minimum Gasteiger partial charge on any atom is -0.497 e. The van der Waals surface area contributed by atoms with Crippen LogP contribution in [0.2, 0.25) is 0 Å². The van der Waals surface area contributed by atoms with Crippen LogP contribution in [0, 0.1) is 6.92 Å². The third-order valence-corrected chi connectivity index (χ3v) is 8.01. The molecule has 0 aromatic heterocycles. The quantitative estimate of drug-likeness (QED) is 0.602. The van der Waals surface area contributed by atoms with E-state index in [2.05, 4.69) is 10.7 Å². The number of nitrogens with one attached hydrogen (secondary N) is 2. The Bertz CT molecular complexity index is 963. The van der Waals surface area contributed by atoms with Gasteiger partial charge in [-0.15, -0.1) is 4.41 Å². The smallest absolute Gasteiger partial charge is 0.259 e. The van der Waals surface area contributed by atoms with Crippen molar-refractivity contribution in [1.29, 1.82) is 0 Å². The number of methoxy groups -OCH3 is 1. The van der Waals surface area contributed by atoms with E-state index in [1.807, 2.05) is 31.2 Å². The summed E-state index contributed by atoms with van der Waals surface area (Å²) in [5.41, 5.74) is 4.66. The maximum absolute atomic E-state index is 12.6. The molecule has 2 aromatic rings. The number of hydrazine groups is 1. The maximum Gasteiger partial charge on any atom is 0.259 e. The number of hydrogen-bond acceptors (Lipinski definition) is 6. The second-order valence-electron chi connectivity index (χ2n) is 7.24. The van der Waals surface area contributed by atoms with Gasteiger partial charge in [-0.3, -0.25) is 10.2 Å². The highest BCUT2D eigenvalue weighted by Crippen LogP contribution is 2.26. The molecule has 1 aliphatic heterocycles. The molecule has 2 N–H and O–H groups in total. The molecule has 1 aliphatic rings. The van der Waals surface area contributed by atoms with Crippen molar-refractivity contribution in [3.05, 3.63) is 59.7 Å². The van der Waals surface area contributed by atoms with Gasteiger partial charge in [0.25, 0.3) is 15.9 Å². The van der Waals surface area contributed by atoms with Crippen LogP contribution in [-0.2, 0) is 20.6 Å². The standard InChI is InChI=1S/C21H27N3O4S2/c1-15-4-10-19(11-5-15)30(26,27)24(2)23-21(25)20-12-18(13-22-20)29-14-16-6-8-17(28-3)9-7-16/h4-11,18,20,22H,12-14H2,1-3H3,(H,23,25)/t18-,20+/m1/s1. The molecular weight excluding hydrogens is 422 g/mol. The zero-order valence-electron chi connectivity index (χ0n) is 17.3. The van der Waals surface area contributed by atoms with Gasteiger partial charge in [0.2, 0.25) is 0 Å². The Kier molecular flexibility index (Phi) is 7.41. The van der Waals surface area contributed by atoms with Gasteiger partial charge in [-0.2, -0.15) is 11.8 Å². The summed E-state index contributed by atoms with van der Waals surface area (Å²) in [4.78, 5) is 12.7. The zero-order valence-corrected chi connectivity index (χ0v) is 18.9. The van der Waals surface area contributed by atoms with Crippen molar-refractivity contribution in [2.45, 2.75) is 35.3 Å². The summed E-state index contributed by atoms with van der Waals surface area (Å²) in [7, 11) is -0.801. The molecule has 0 bridgehead atoms. The third kappa shape index (κ3) is 5.54. The topological polar surface area (TPSA) is 87.7 Å². The van der Waals surface area contributed by atoms with Crippen LogP contribution in [0.1, 0.15) is 17.5 Å². The molecule has 2 atom stereocenters. The number of aryl methyl sites for hydroxylation is 1. The fourth-order valence-corrected chi connectivity index (χ4v) is 5.30. The number of thioether (sulfide) groups is 1. The lowest BCUT2D eigenvalue weighted by molar-refractivity contribution is -0.125. The Morgan fingerprint density at radius 3 is 2.50 bits per heavy atom. The minimum atomic E-state index is -3.79. The Balaban J connectivity index is 1.50. The van der Waals surface area contributed by atoms with E-state index in [0.717, 1.165) is 21.5 Å². The van der Waals surface area contributed by atoms with Crippen LogP contribution < -0.4 is 15.5 Å². The van der Waals surface area contributed by atoms with E-state index in [-0.39, 0.29) is 16.1 Å². The molecule has 1 heterocycles. The number of carbonyl (C=O) groups is 1. The molecule has 1 saturated heterocycles. The first-order chi connectivity index (χ1) is 14.3. The number of nitrogens with zero attached hydrogens (tertiary/aromatic N) is 1. The van der Waals surface area contributed by atoms with Crippen LogP contribution in [-0.4, -0.2) is 50.7 Å². The van der Waals surface area contributed by atoms with E-state index in [0.29, 0.717) is 13.0 Å². The molecule has 0 saturated carbocycles. The van der Waals surface area contributed by atoms with Gasteiger partial charge in [0.05, 0.1) is 18.0 Å². The van der Waals surface area contributed by atoms with Gasteiger partial charge in [0.15, 0.2) is 0 Å². The van der Waals surface area contributed by atoms with Crippen LogP contribution in [0.5, 0.6) is 5.75 Å². The van der Waals surface area contributed by atoms with Crippen molar-refractivity contribution in [1.82, 2.24) is 15.2 Å². The second kappa shape index (κ2) is 9.82. The number of hydrogen-bond donors (Lipinski definition) is 2. The molecule has 0 radical (unpaired) electrons. The molecule has 0 spiro atoms. The molecule has 162 valence electrons. The van der Waals surface area contributed by atoms with Crippen molar-refractivity contribution < 1.29 is 17.9 Å². The largest absolute Gasteiger partial charge is 0.497 e. The number of amides is 1. The van der Waals surface area contributed by atoms with E-state index in [1.165, 1.54) is 24.7 Å². The van der Waals surface area contributed by atoms with Crippen molar-refractivity contribution in [3.8, 4) is 5.75 Å². The summed E-state index contributed by atoms with van der Waals surface area (Å²) in [5, 5.41) is 3.47. The Morgan fingerprint density at radius 2 is 1.87 bits per heavy atom. The van der Waals surface area contributed by atoms with Crippen molar-refractivity contribution >= 4 is 27.7 Å². The Hall–Kier alpha value is -2.07. The molecule has 7 nitrogen and oxygen atoms in total. The molecule has 0 unspecified atom stereocenters. The van der Waals surface area contributed by atoms with Crippen LogP contribution in [0.25, 0.3) is 0 Å². The van der Waals surface area contributed by atoms with Gasteiger partial charge < -0.3 is 10.1 Å². The van der Waals surface area contributed by atoms with Crippen LogP contribution >= 0.6 is 11.8 Å². The Labute approximate surface area is 182 Å². The molecular formula is C21H27N3O4S2. The average molecular weight is 450 g/mol. The summed E-state index contributed by atoms with van der Waals surface area (Å²) in [6, 6.07) is 14.0. The van der Waals surface area contributed by atoms with Crippen molar-refractivity contribution in [2.24, 2.45) is 0 Å². The van der Waals surface area contributed by atoms with Gasteiger partial charge in [-0.05, 0) is 43.2 Å².